The molecule has 0 aromatic heterocycles. The van der Waals surface area contributed by atoms with Gasteiger partial charge < -0.3 is 15.0 Å². The molecule has 9 heteroatoms. The molecule has 0 unspecified atom stereocenters. The molecule has 3 rings (SSSR count). The number of carbonyl (C=O) groups is 1. The van der Waals surface area contributed by atoms with E-state index in [0.29, 0.717) is 19.0 Å². The lowest BCUT2D eigenvalue weighted by atomic mass is 9.95. The summed E-state index contributed by atoms with van der Waals surface area (Å²) in [6, 6.07) is 0.0421. The first-order valence-corrected chi connectivity index (χ1v) is 6.64. The van der Waals surface area contributed by atoms with Crippen LogP contribution in [0.25, 0.3) is 0 Å². The number of nitrogens with one attached hydrogen (secondary N) is 1. The van der Waals surface area contributed by atoms with Gasteiger partial charge in [0.15, 0.2) is 0 Å². The van der Waals surface area contributed by atoms with E-state index in [4.69, 9.17) is 0 Å². The van der Waals surface area contributed by atoms with Gasteiger partial charge in [-0.25, -0.2) is 8.78 Å². The third-order valence-electron chi connectivity index (χ3n) is 3.78. The Labute approximate surface area is 126 Å². The zero-order valence-electron chi connectivity index (χ0n) is 11.4. The SMILES string of the molecule is Cl.O=C(COCC(F)(F)C(F)F)N1C[C@@H]2CC[C@H]1CNC2. The van der Waals surface area contributed by atoms with Crippen molar-refractivity contribution in [1.82, 2.24) is 10.2 Å². The Morgan fingerprint density at radius 2 is 2.05 bits per heavy atom. The highest BCUT2D eigenvalue weighted by Crippen LogP contribution is 2.25. The third-order valence-corrected chi connectivity index (χ3v) is 3.78. The van der Waals surface area contributed by atoms with Gasteiger partial charge >= 0.3 is 12.3 Å². The zero-order valence-corrected chi connectivity index (χ0v) is 12.2. The van der Waals surface area contributed by atoms with Gasteiger partial charge in [-0.15, -0.1) is 12.4 Å². The highest BCUT2D eigenvalue weighted by molar-refractivity contribution is 5.85. The molecular weight excluding hydrogens is 316 g/mol. The standard InChI is InChI=1S/C12H18F4N2O2.ClH/c13-11(14)12(15,16)7-20-6-10(19)18-5-8-1-2-9(18)4-17-3-8;/h8-9,11,17H,1-7H2;1H/t8-,9+;/m1./s1. The average molecular weight is 335 g/mol. The molecule has 4 nitrogen and oxygen atoms in total. The van der Waals surface area contributed by atoms with E-state index in [2.05, 4.69) is 10.1 Å². The Kier molecular flexibility index (Phi) is 6.68. The Morgan fingerprint density at radius 1 is 1.33 bits per heavy atom. The molecule has 1 amide bonds. The van der Waals surface area contributed by atoms with Crippen molar-refractivity contribution >= 4 is 18.3 Å². The molecule has 3 aliphatic rings. The van der Waals surface area contributed by atoms with Crippen LogP contribution in [0.15, 0.2) is 0 Å². The second kappa shape index (κ2) is 7.60. The smallest absolute Gasteiger partial charge is 0.330 e. The maximum absolute atomic E-state index is 12.6. The minimum absolute atomic E-state index is 0. The number of piperidine rings is 1. The van der Waals surface area contributed by atoms with Crippen molar-refractivity contribution in [2.24, 2.45) is 5.92 Å². The number of hydrogen-bond donors (Lipinski definition) is 1. The quantitative estimate of drug-likeness (QED) is 0.775. The van der Waals surface area contributed by atoms with Crippen molar-refractivity contribution in [2.75, 3.05) is 32.8 Å². The molecule has 124 valence electrons. The monoisotopic (exact) mass is 334 g/mol. The van der Waals surface area contributed by atoms with Crippen molar-refractivity contribution in [3.8, 4) is 0 Å². The largest absolute Gasteiger partial charge is 0.365 e. The zero-order chi connectivity index (χ0) is 14.8. The lowest BCUT2D eigenvalue weighted by molar-refractivity contribution is -0.172. The van der Waals surface area contributed by atoms with E-state index in [9.17, 15) is 22.4 Å². The van der Waals surface area contributed by atoms with Gasteiger partial charge in [0.1, 0.15) is 13.2 Å². The summed E-state index contributed by atoms with van der Waals surface area (Å²) < 4.78 is 53.6. The number of ether oxygens (including phenoxy) is 1. The van der Waals surface area contributed by atoms with E-state index in [1.54, 1.807) is 4.90 Å². The third kappa shape index (κ3) is 4.69. The van der Waals surface area contributed by atoms with E-state index in [1.165, 1.54) is 0 Å². The predicted molar refractivity (Wildman–Crippen MR) is 70.1 cm³/mol. The Bertz CT molecular complexity index is 356. The van der Waals surface area contributed by atoms with Crippen LogP contribution in [-0.2, 0) is 9.53 Å². The molecule has 0 aromatic carbocycles. The molecule has 0 radical (unpaired) electrons. The molecule has 3 fully saturated rings. The van der Waals surface area contributed by atoms with Gasteiger partial charge in [-0.1, -0.05) is 0 Å². The molecule has 1 N–H and O–H groups in total. The molecule has 21 heavy (non-hydrogen) atoms. The van der Waals surface area contributed by atoms with Gasteiger partial charge in [0.05, 0.1) is 0 Å². The molecule has 2 atom stereocenters. The predicted octanol–water partition coefficient (Wildman–Crippen LogP) is 1.54. The molecule has 0 aromatic rings. The van der Waals surface area contributed by atoms with Gasteiger partial charge in [-0.05, 0) is 25.3 Å². The van der Waals surface area contributed by atoms with Crippen LogP contribution in [0.3, 0.4) is 0 Å². The van der Waals surface area contributed by atoms with Gasteiger partial charge in [0, 0.05) is 19.1 Å². The van der Waals surface area contributed by atoms with Crippen LogP contribution in [0.4, 0.5) is 17.6 Å². The fourth-order valence-corrected chi connectivity index (χ4v) is 2.66. The minimum Gasteiger partial charge on any atom is -0.365 e. The number of carbonyl (C=O) groups excluding carboxylic acids is 1. The minimum atomic E-state index is -4.21. The summed E-state index contributed by atoms with van der Waals surface area (Å²) in [7, 11) is 0. The summed E-state index contributed by atoms with van der Waals surface area (Å²) in [5.41, 5.74) is 0. The van der Waals surface area contributed by atoms with Gasteiger partial charge in [0.2, 0.25) is 5.91 Å². The lowest BCUT2D eigenvalue weighted by Gasteiger charge is -2.36. The first-order valence-electron chi connectivity index (χ1n) is 6.64. The number of rotatable bonds is 5. The first-order chi connectivity index (χ1) is 9.40. The van der Waals surface area contributed by atoms with E-state index < -0.39 is 31.5 Å². The number of amides is 1. The molecule has 0 aliphatic carbocycles. The number of fused-ring (bicyclic) bond motifs is 4. The topological polar surface area (TPSA) is 41.6 Å². The molecular formula is C12H19ClF4N2O2. The Morgan fingerprint density at radius 3 is 2.71 bits per heavy atom. The van der Waals surface area contributed by atoms with Crippen molar-refractivity contribution in [1.29, 1.82) is 0 Å². The second-order valence-corrected chi connectivity index (χ2v) is 5.36. The van der Waals surface area contributed by atoms with Crippen LogP contribution in [0, 0.1) is 5.92 Å². The van der Waals surface area contributed by atoms with Gasteiger partial charge in [-0.3, -0.25) is 4.79 Å². The number of nitrogens with zero attached hydrogens (tertiary/aromatic N) is 1. The van der Waals surface area contributed by atoms with Crippen LogP contribution >= 0.6 is 12.4 Å². The molecule has 3 heterocycles. The van der Waals surface area contributed by atoms with E-state index >= 15 is 0 Å². The van der Waals surface area contributed by atoms with Crippen LogP contribution in [-0.4, -0.2) is 62.0 Å². The normalized spacial score (nSPS) is 25.7. The Balaban J connectivity index is 0.00000220. The first kappa shape index (κ1) is 18.4. The lowest BCUT2D eigenvalue weighted by Crippen LogP contribution is -2.49. The molecule has 2 bridgehead atoms. The fourth-order valence-electron chi connectivity index (χ4n) is 2.66. The van der Waals surface area contributed by atoms with Crippen molar-refractivity contribution in [2.45, 2.75) is 31.2 Å². The van der Waals surface area contributed by atoms with E-state index in [-0.39, 0.29) is 18.4 Å². The van der Waals surface area contributed by atoms with E-state index in [1.807, 2.05) is 0 Å². The van der Waals surface area contributed by atoms with Crippen LogP contribution < -0.4 is 5.32 Å². The van der Waals surface area contributed by atoms with Crippen LogP contribution in [0.1, 0.15) is 12.8 Å². The van der Waals surface area contributed by atoms with Crippen LogP contribution in [0.2, 0.25) is 0 Å². The summed E-state index contributed by atoms with van der Waals surface area (Å²) in [5.74, 6) is -4.26. The maximum atomic E-state index is 12.6. The summed E-state index contributed by atoms with van der Waals surface area (Å²) in [6.07, 6.45) is -1.88. The van der Waals surface area contributed by atoms with Gasteiger partial charge in [0.25, 0.3) is 0 Å². The average Bonchev–Trinajstić information content (AvgIpc) is 2.73. The highest BCUT2D eigenvalue weighted by Gasteiger charge is 2.41. The second-order valence-electron chi connectivity index (χ2n) is 5.36. The molecule has 0 saturated carbocycles. The van der Waals surface area contributed by atoms with Crippen LogP contribution in [0.5, 0.6) is 0 Å². The van der Waals surface area contributed by atoms with Gasteiger partial charge in [-0.2, -0.15) is 8.78 Å². The summed E-state index contributed by atoms with van der Waals surface area (Å²) in [5, 5.41) is 3.24. The molecule has 3 saturated heterocycles. The van der Waals surface area contributed by atoms with Crippen molar-refractivity contribution in [3.05, 3.63) is 0 Å². The number of alkyl halides is 4. The summed E-state index contributed by atoms with van der Waals surface area (Å²) >= 11 is 0. The van der Waals surface area contributed by atoms with E-state index in [0.717, 1.165) is 19.4 Å². The maximum Gasteiger partial charge on any atom is 0.330 e. The fraction of sp³-hybridized carbons (Fsp3) is 0.917. The number of halogens is 5. The molecule has 3 aliphatic heterocycles. The number of hydrogen-bond acceptors (Lipinski definition) is 3. The summed E-state index contributed by atoms with van der Waals surface area (Å²) in [4.78, 5) is 13.6. The van der Waals surface area contributed by atoms with Crippen molar-refractivity contribution < 1.29 is 27.1 Å². The summed E-state index contributed by atoms with van der Waals surface area (Å²) in [6.45, 7) is 0.0766. The Hall–Kier alpha value is -0.600. The molecule has 0 spiro atoms. The van der Waals surface area contributed by atoms with Crippen molar-refractivity contribution in [3.63, 3.8) is 0 Å². The highest BCUT2D eigenvalue weighted by atomic mass is 35.5.